The molecule has 0 spiro atoms. The lowest BCUT2D eigenvalue weighted by atomic mass is 9.68. The number of urea groups is 2. The van der Waals surface area contributed by atoms with Crippen LogP contribution in [0.15, 0.2) is 145 Å². The number of aromatic nitrogens is 8. The minimum atomic E-state index is -0.690. The molecule has 114 heavy (non-hydrogen) atoms. The normalized spacial score (nSPS) is 32.9. The van der Waals surface area contributed by atoms with E-state index in [1.165, 1.54) is 185 Å². The Labute approximate surface area is 672 Å². The first kappa shape index (κ1) is 75.7. The highest BCUT2D eigenvalue weighted by Gasteiger charge is 2.50. The van der Waals surface area contributed by atoms with Gasteiger partial charge in [-0.05, 0) is 230 Å². The Hall–Kier alpha value is -8.32. The molecular weight excluding hydrogens is 1500 g/mol. The number of amides is 4. The zero-order valence-electron chi connectivity index (χ0n) is 65.7. The minimum absolute atomic E-state index is 0.0133. The van der Waals surface area contributed by atoms with E-state index in [9.17, 15) is 37.5 Å². The predicted octanol–water partition coefficient (Wildman–Crippen LogP) is 16.9. The maximum absolute atomic E-state index is 14.4. The van der Waals surface area contributed by atoms with Crippen molar-refractivity contribution in [1.82, 2.24) is 63.5 Å². The molecular formula is C90H108BrF2N15O6. The van der Waals surface area contributed by atoms with Gasteiger partial charge in [0.2, 0.25) is 17.5 Å². The average Bonchev–Trinajstić information content (AvgIpc) is 0.749. The number of piperidine rings is 6. The molecule has 6 saturated carbocycles. The monoisotopic (exact) mass is 1610 g/mol. The summed E-state index contributed by atoms with van der Waals surface area (Å²) >= 11 is 3.45. The minimum Gasteiger partial charge on any atom is -0.307 e. The molecule has 12 unspecified atom stereocenters. The van der Waals surface area contributed by atoms with Gasteiger partial charge in [-0.15, -0.1) is 0 Å². The molecule has 14 aliphatic rings. The number of carbonyl (C=O) groups excluding carboxylic acids is 2. The number of hydrogen-bond acceptors (Lipinski definition) is 13. The van der Waals surface area contributed by atoms with Crippen LogP contribution in [0.4, 0.5) is 30.0 Å². The van der Waals surface area contributed by atoms with Gasteiger partial charge in [-0.25, -0.2) is 52.5 Å². The number of hydrogen-bond donors (Lipinski definition) is 2. The highest BCUT2D eigenvalue weighted by Crippen LogP contribution is 2.52. The zero-order chi connectivity index (χ0) is 77.9. The molecule has 12 fully saturated rings. The Balaban J connectivity index is 0.000000115. The fraction of sp³-hybridized carbons (Fsp3) is 0.578. The topological polar surface area (TPSA) is 214 Å². The molecule has 3 aromatic carbocycles. The second-order valence-electron chi connectivity index (χ2n) is 36.6. The highest BCUT2D eigenvalue weighted by molar-refractivity contribution is 9.12. The van der Waals surface area contributed by atoms with Gasteiger partial charge >= 0.3 is 17.8 Å². The number of nitrogens with one attached hydrogen (secondary N) is 2. The smallest absolute Gasteiger partial charge is 0.307 e. The molecule has 12 heterocycles. The molecule has 12 bridgehead atoms. The Morgan fingerprint density at radius 3 is 1.06 bits per heavy atom. The summed E-state index contributed by atoms with van der Waals surface area (Å²) in [5.41, 5.74) is 3.18. The summed E-state index contributed by atoms with van der Waals surface area (Å²) < 4.78 is 36.1. The standard InChI is InChI=1S/C30H36BrN5O2.2C30H36FN5O2/c3*1-18-25(31)17-34(30(38)32-18)28-29(37)36(27-11-3-2-10-26(27)33-28)24-15-21-8-5-9-22(16-24)35(21)23-13-19-6-4-7-20(12-19)14-23/h2-3,10-11,17,19-24H,1,4-9,12-16H2,(H,32,38);2-3,10-11,17,19-24H,4-9,12-16H2,1H3;2-3,10-11,17,19-24H,1,4-9,12-16H2,(H,32,38). The largest absolute Gasteiger partial charge is 0.353 e. The summed E-state index contributed by atoms with van der Waals surface area (Å²) in [6, 6.07) is 27.1. The summed E-state index contributed by atoms with van der Waals surface area (Å²) in [5, 5.41) is 5.12. The first-order chi connectivity index (χ1) is 55.4. The molecule has 8 aliphatic heterocycles. The number of carbonyl (C=O) groups is 2. The van der Waals surface area contributed by atoms with E-state index in [0.717, 1.165) is 118 Å². The van der Waals surface area contributed by atoms with Gasteiger partial charge in [0.25, 0.3) is 16.7 Å². The van der Waals surface area contributed by atoms with E-state index >= 15 is 0 Å². The van der Waals surface area contributed by atoms with Gasteiger partial charge in [0.1, 0.15) is 0 Å². The number of rotatable bonds is 9. The first-order valence-electron chi connectivity index (χ1n) is 43.3. The maximum Gasteiger partial charge on any atom is 0.353 e. The number of aryl methyl sites for hydroxylation is 1. The van der Waals surface area contributed by atoms with Crippen molar-refractivity contribution in [2.24, 2.45) is 35.5 Å². The van der Waals surface area contributed by atoms with Crippen LogP contribution in [0.25, 0.3) is 38.9 Å². The third-order valence-corrected chi connectivity index (χ3v) is 30.5. The molecule has 4 amide bonds. The maximum atomic E-state index is 14.4. The average molecular weight is 1610 g/mol. The molecule has 21 rings (SSSR count). The Morgan fingerprint density at radius 1 is 0.377 bits per heavy atom. The number of anilines is 2. The summed E-state index contributed by atoms with van der Waals surface area (Å²) in [6.45, 7) is 8.82. The molecule has 6 aliphatic carbocycles. The number of benzene rings is 3. The SMILES string of the molecule is C=C1NC(=O)N(c2nc3ccccc3n(C3CC4CCCC(C3)N4C3CC4CCCC(C4)C3)c2=O)C=C1Br.C=C1NC(=O)N(c2nc3ccccc3n(C3CC4CCCC(C3)N4C3CC4CCCC(C4)C3)c2=O)C=C1F.Cc1nc(=O)n(-c2nc3ccccc3n(C3CC4CCCC(C3)N4C3CC4CCCC(C4)C3)c2=O)cc1F. The van der Waals surface area contributed by atoms with Crippen molar-refractivity contribution in [2.45, 2.75) is 291 Å². The zero-order valence-corrected chi connectivity index (χ0v) is 67.3. The molecule has 21 nitrogen and oxygen atoms in total. The molecule has 2 N–H and O–H groups in total. The molecule has 7 aromatic rings. The highest BCUT2D eigenvalue weighted by atomic mass is 79.9. The van der Waals surface area contributed by atoms with Gasteiger partial charge in [0.15, 0.2) is 11.6 Å². The van der Waals surface area contributed by atoms with Crippen molar-refractivity contribution >= 4 is 72.7 Å². The van der Waals surface area contributed by atoms with E-state index in [2.05, 4.69) is 74.4 Å². The lowest BCUT2D eigenvalue weighted by Crippen LogP contribution is -2.58. The van der Waals surface area contributed by atoms with Crippen LogP contribution in [0.5, 0.6) is 0 Å². The van der Waals surface area contributed by atoms with Crippen LogP contribution in [0.2, 0.25) is 0 Å². The van der Waals surface area contributed by atoms with Crippen LogP contribution in [-0.4, -0.2) is 119 Å². The molecule has 4 aromatic heterocycles. The lowest BCUT2D eigenvalue weighted by molar-refractivity contribution is -0.0487. The van der Waals surface area contributed by atoms with Crippen LogP contribution in [-0.2, 0) is 0 Å². The van der Waals surface area contributed by atoms with E-state index in [1.807, 2.05) is 86.5 Å². The van der Waals surface area contributed by atoms with Crippen molar-refractivity contribution in [3.8, 4) is 5.82 Å². The van der Waals surface area contributed by atoms with Gasteiger partial charge in [-0.1, -0.05) is 127 Å². The second-order valence-corrected chi connectivity index (χ2v) is 37.5. The molecule has 24 heteroatoms. The van der Waals surface area contributed by atoms with E-state index in [-0.39, 0.29) is 63.6 Å². The molecule has 600 valence electrons. The van der Waals surface area contributed by atoms with E-state index in [1.54, 1.807) is 6.20 Å². The molecule has 0 radical (unpaired) electrons. The van der Waals surface area contributed by atoms with Gasteiger partial charge in [0.05, 0.1) is 67.1 Å². The van der Waals surface area contributed by atoms with E-state index in [0.29, 0.717) is 75.6 Å². The van der Waals surface area contributed by atoms with Crippen LogP contribution < -0.4 is 42.8 Å². The van der Waals surface area contributed by atoms with Crippen molar-refractivity contribution in [3.63, 3.8) is 0 Å². The van der Waals surface area contributed by atoms with Crippen molar-refractivity contribution in [2.75, 3.05) is 9.80 Å². The molecule has 12 atom stereocenters. The first-order valence-corrected chi connectivity index (χ1v) is 44.1. The van der Waals surface area contributed by atoms with Gasteiger partial charge < -0.3 is 24.3 Å². The Bertz CT molecular complexity index is 5000. The Morgan fingerprint density at radius 2 is 0.693 bits per heavy atom. The third-order valence-electron chi connectivity index (χ3n) is 29.8. The number of allylic oxidation sites excluding steroid dienone is 2. The van der Waals surface area contributed by atoms with Crippen LogP contribution in [0.3, 0.4) is 0 Å². The van der Waals surface area contributed by atoms with Crippen molar-refractivity contribution in [1.29, 1.82) is 0 Å². The Kier molecular flexibility index (Phi) is 20.8. The number of nitrogens with zero attached hydrogens (tertiary/aromatic N) is 13. The van der Waals surface area contributed by atoms with Crippen LogP contribution in [0, 0.1) is 48.2 Å². The number of fused-ring (bicyclic) bond motifs is 15. The van der Waals surface area contributed by atoms with Crippen LogP contribution >= 0.6 is 15.9 Å². The summed E-state index contributed by atoms with van der Waals surface area (Å²) in [6.07, 6.45) is 45.3. The fourth-order valence-electron chi connectivity index (χ4n) is 25.4. The summed E-state index contributed by atoms with van der Waals surface area (Å²) in [7, 11) is 0. The summed E-state index contributed by atoms with van der Waals surface area (Å²) in [5.74, 6) is 4.06. The lowest BCUT2D eigenvalue weighted by Gasteiger charge is -2.55. The van der Waals surface area contributed by atoms with Crippen molar-refractivity contribution in [3.05, 3.63) is 179 Å². The predicted molar refractivity (Wildman–Crippen MR) is 443 cm³/mol. The molecule has 6 saturated heterocycles. The second kappa shape index (κ2) is 31.3. The van der Waals surface area contributed by atoms with Crippen molar-refractivity contribution < 1.29 is 18.4 Å². The van der Waals surface area contributed by atoms with Crippen LogP contribution in [0.1, 0.15) is 236 Å². The van der Waals surface area contributed by atoms with E-state index in [4.69, 9.17) is 0 Å². The quantitative estimate of drug-likeness (QED) is 0.138. The number of halogens is 3. The van der Waals surface area contributed by atoms with Gasteiger partial charge in [-0.2, -0.15) is 4.98 Å². The fourth-order valence-corrected chi connectivity index (χ4v) is 25.7. The number of para-hydroxylation sites is 6. The summed E-state index contributed by atoms with van der Waals surface area (Å²) in [4.78, 5) is 109. The van der Waals surface area contributed by atoms with Gasteiger partial charge in [0, 0.05) is 78.7 Å². The van der Waals surface area contributed by atoms with E-state index < -0.39 is 29.4 Å². The third kappa shape index (κ3) is 14.3. The van der Waals surface area contributed by atoms with Gasteiger partial charge in [-0.3, -0.25) is 29.1 Å².